The summed E-state index contributed by atoms with van der Waals surface area (Å²) in [7, 11) is 0. The highest BCUT2D eigenvalue weighted by atomic mass is 16.6. The number of likely N-dealkylation sites (tertiary alicyclic amines) is 1. The summed E-state index contributed by atoms with van der Waals surface area (Å²) in [6, 6.07) is 8.36. The number of nitrogen functional groups attached to an aromatic ring is 1. The molecule has 8 heteroatoms. The normalized spacial score (nSPS) is 14.7. The number of carbonyl (C=O) groups is 1. The number of rotatable bonds is 5. The minimum absolute atomic E-state index is 0.0881. The number of carbonyl (C=O) groups excluding carboxylic acids is 1. The fourth-order valence-corrected chi connectivity index (χ4v) is 3.32. The van der Waals surface area contributed by atoms with Crippen molar-refractivity contribution in [2.45, 2.75) is 45.8 Å². The molecule has 1 fully saturated rings. The lowest BCUT2D eigenvalue weighted by atomic mass is 9.84. The van der Waals surface area contributed by atoms with Crippen LogP contribution in [0.3, 0.4) is 0 Å². The summed E-state index contributed by atoms with van der Waals surface area (Å²) in [5.74, 6) is 0.886. The van der Waals surface area contributed by atoms with Gasteiger partial charge in [0, 0.05) is 36.9 Å². The first-order chi connectivity index (χ1) is 14.4. The third kappa shape index (κ3) is 5.07. The van der Waals surface area contributed by atoms with Crippen molar-refractivity contribution in [3.8, 4) is 22.8 Å². The summed E-state index contributed by atoms with van der Waals surface area (Å²) in [5, 5.41) is 17.3. The second kappa shape index (κ2) is 8.09. The molecule has 4 N–H and O–H groups in total. The molecule has 1 amide bonds. The molecule has 1 aromatic carbocycles. The summed E-state index contributed by atoms with van der Waals surface area (Å²) >= 11 is 0. The van der Waals surface area contributed by atoms with Crippen molar-refractivity contribution >= 4 is 18.1 Å². The first-order valence-corrected chi connectivity index (χ1v) is 10.2. The second-order valence-electron chi connectivity index (χ2n) is 9.28. The Kier molecular flexibility index (Phi) is 5.85. The quantitative estimate of drug-likeness (QED) is 0.620. The molecule has 0 aliphatic carbocycles. The van der Waals surface area contributed by atoms with Gasteiger partial charge >= 0.3 is 6.09 Å². The molecule has 0 atom stereocenters. The largest absolute Gasteiger partial charge is 0.508 e. The molecule has 1 aliphatic rings. The number of hydrogen-bond acceptors (Lipinski definition) is 7. The summed E-state index contributed by atoms with van der Waals surface area (Å²) < 4.78 is 11.7. The van der Waals surface area contributed by atoms with Crippen LogP contribution >= 0.6 is 0 Å². The van der Waals surface area contributed by atoms with Crippen LogP contribution in [0.25, 0.3) is 11.3 Å². The van der Waals surface area contributed by atoms with Crippen molar-refractivity contribution in [2.24, 2.45) is 5.92 Å². The van der Waals surface area contributed by atoms with Crippen LogP contribution in [0, 0.1) is 11.3 Å². The molecule has 0 unspecified atom stereocenters. The molecular formula is C23H30N4O4. The predicted octanol–water partition coefficient (Wildman–Crippen LogP) is 4.06. The van der Waals surface area contributed by atoms with E-state index in [1.54, 1.807) is 35.2 Å². The van der Waals surface area contributed by atoms with Gasteiger partial charge in [-0.2, -0.15) is 0 Å². The van der Waals surface area contributed by atoms with Crippen LogP contribution < -0.4 is 10.5 Å². The maximum absolute atomic E-state index is 12.2. The fraction of sp³-hybridized carbons (Fsp3) is 0.435. The van der Waals surface area contributed by atoms with Gasteiger partial charge in [-0.1, -0.05) is 0 Å². The number of pyridine rings is 1. The fourth-order valence-electron chi connectivity index (χ4n) is 3.32. The first kappa shape index (κ1) is 22.4. The average molecular weight is 427 g/mol. The van der Waals surface area contributed by atoms with Crippen LogP contribution in [-0.2, 0) is 4.74 Å². The van der Waals surface area contributed by atoms with E-state index in [0.717, 1.165) is 11.8 Å². The standard InChI is InChI=1S/C23H30N4O4/c1-22(2,3)31-21(29)27-12-15(13-27)23(4,5)30-19-10-18(26-20(25)17(19)11-24)14-6-8-16(28)9-7-14/h6-11,15,24,28H,12-13H2,1-5H3,(H2,25,26). The monoisotopic (exact) mass is 426 g/mol. The number of phenolic OH excluding ortho intramolecular Hbond substituents is 1. The van der Waals surface area contributed by atoms with Crippen molar-refractivity contribution < 1.29 is 19.4 Å². The van der Waals surface area contributed by atoms with Gasteiger partial charge in [0.25, 0.3) is 0 Å². The number of aromatic hydroxyl groups is 1. The van der Waals surface area contributed by atoms with Crippen molar-refractivity contribution in [3.63, 3.8) is 0 Å². The minimum Gasteiger partial charge on any atom is -0.508 e. The summed E-state index contributed by atoms with van der Waals surface area (Å²) in [4.78, 5) is 18.3. The Hall–Kier alpha value is -3.29. The second-order valence-corrected chi connectivity index (χ2v) is 9.28. The van der Waals surface area contributed by atoms with Gasteiger partial charge in [0.2, 0.25) is 0 Å². The number of nitrogens with zero attached hydrogens (tertiary/aromatic N) is 2. The Morgan fingerprint density at radius 3 is 2.39 bits per heavy atom. The average Bonchev–Trinajstić information content (AvgIpc) is 2.58. The van der Waals surface area contributed by atoms with E-state index in [2.05, 4.69) is 4.98 Å². The van der Waals surface area contributed by atoms with E-state index >= 15 is 0 Å². The maximum atomic E-state index is 12.2. The summed E-state index contributed by atoms with van der Waals surface area (Å²) in [6.45, 7) is 10.5. The van der Waals surface area contributed by atoms with Crippen LogP contribution in [0.2, 0.25) is 0 Å². The number of phenols is 1. The molecule has 1 aliphatic heterocycles. The number of ether oxygens (including phenoxy) is 2. The molecule has 166 valence electrons. The number of nitrogens with two attached hydrogens (primary N) is 1. The molecule has 3 rings (SSSR count). The minimum atomic E-state index is -0.615. The number of nitrogens with one attached hydrogen (secondary N) is 1. The molecular weight excluding hydrogens is 396 g/mol. The van der Waals surface area contributed by atoms with E-state index < -0.39 is 11.2 Å². The Morgan fingerprint density at radius 1 is 1.23 bits per heavy atom. The van der Waals surface area contributed by atoms with E-state index in [9.17, 15) is 9.90 Å². The van der Waals surface area contributed by atoms with Crippen LogP contribution in [0.4, 0.5) is 10.6 Å². The van der Waals surface area contributed by atoms with Crippen molar-refractivity contribution in [1.82, 2.24) is 9.88 Å². The van der Waals surface area contributed by atoms with E-state index in [-0.39, 0.29) is 23.6 Å². The Bertz CT molecular complexity index is 974. The third-order valence-electron chi connectivity index (χ3n) is 5.25. The zero-order valence-corrected chi connectivity index (χ0v) is 18.6. The van der Waals surface area contributed by atoms with Gasteiger partial charge in [0.05, 0.1) is 11.3 Å². The Labute approximate surface area is 182 Å². The lowest BCUT2D eigenvalue weighted by molar-refractivity contribution is -0.0549. The molecule has 31 heavy (non-hydrogen) atoms. The smallest absolute Gasteiger partial charge is 0.410 e. The molecule has 0 bridgehead atoms. The predicted molar refractivity (Wildman–Crippen MR) is 120 cm³/mol. The van der Waals surface area contributed by atoms with Gasteiger partial charge in [-0.25, -0.2) is 9.78 Å². The topological polar surface area (TPSA) is 122 Å². The Morgan fingerprint density at radius 2 is 1.84 bits per heavy atom. The third-order valence-corrected chi connectivity index (χ3v) is 5.25. The number of aromatic nitrogens is 1. The zero-order valence-electron chi connectivity index (χ0n) is 18.6. The number of hydrogen-bond donors (Lipinski definition) is 3. The van der Waals surface area contributed by atoms with E-state index in [4.69, 9.17) is 20.6 Å². The SMILES string of the molecule is CC(C)(C)OC(=O)N1CC(C(C)(C)Oc2cc(-c3ccc(O)cc3)nc(N)c2C=N)C1. The number of anilines is 1. The van der Waals surface area contributed by atoms with E-state index in [1.807, 2.05) is 34.6 Å². The van der Waals surface area contributed by atoms with Crippen molar-refractivity contribution in [1.29, 1.82) is 5.41 Å². The van der Waals surface area contributed by atoms with Gasteiger partial charge in [-0.3, -0.25) is 0 Å². The number of benzene rings is 1. The molecule has 2 aromatic rings. The van der Waals surface area contributed by atoms with Crippen molar-refractivity contribution in [2.75, 3.05) is 18.8 Å². The van der Waals surface area contributed by atoms with Gasteiger partial charge in [-0.15, -0.1) is 0 Å². The van der Waals surface area contributed by atoms with Gasteiger partial charge in [-0.05, 0) is 58.9 Å². The zero-order chi connectivity index (χ0) is 23.0. The molecule has 0 saturated carbocycles. The van der Waals surface area contributed by atoms with Crippen LogP contribution in [0.5, 0.6) is 11.5 Å². The maximum Gasteiger partial charge on any atom is 0.410 e. The molecule has 1 aromatic heterocycles. The highest BCUT2D eigenvalue weighted by Crippen LogP contribution is 2.36. The Balaban J connectivity index is 1.78. The highest BCUT2D eigenvalue weighted by molar-refractivity contribution is 5.89. The van der Waals surface area contributed by atoms with Gasteiger partial charge < -0.3 is 30.6 Å². The molecule has 2 heterocycles. The number of amides is 1. The molecule has 1 saturated heterocycles. The van der Waals surface area contributed by atoms with Crippen LogP contribution in [0.15, 0.2) is 30.3 Å². The molecule has 8 nitrogen and oxygen atoms in total. The van der Waals surface area contributed by atoms with E-state index in [0.29, 0.717) is 30.1 Å². The molecule has 0 radical (unpaired) electrons. The van der Waals surface area contributed by atoms with Crippen LogP contribution in [0.1, 0.15) is 40.2 Å². The first-order valence-electron chi connectivity index (χ1n) is 10.2. The van der Waals surface area contributed by atoms with E-state index in [1.165, 1.54) is 0 Å². The highest BCUT2D eigenvalue weighted by Gasteiger charge is 2.44. The summed E-state index contributed by atoms with van der Waals surface area (Å²) in [6.07, 6.45) is 0.796. The van der Waals surface area contributed by atoms with Crippen LogP contribution in [-0.4, -0.2) is 51.6 Å². The van der Waals surface area contributed by atoms with Gasteiger partial charge in [0.15, 0.2) is 0 Å². The van der Waals surface area contributed by atoms with Crippen molar-refractivity contribution in [3.05, 3.63) is 35.9 Å². The lowest BCUT2D eigenvalue weighted by Crippen LogP contribution is -2.60. The lowest BCUT2D eigenvalue weighted by Gasteiger charge is -2.47. The van der Waals surface area contributed by atoms with Gasteiger partial charge in [0.1, 0.15) is 28.5 Å². The molecule has 0 spiro atoms. The summed E-state index contributed by atoms with van der Waals surface area (Å²) in [5.41, 5.74) is 6.70.